The number of benzene rings is 2. The van der Waals surface area contributed by atoms with Crippen molar-refractivity contribution in [3.8, 4) is 0 Å². The Morgan fingerprint density at radius 3 is 2.34 bits per heavy atom. The third kappa shape index (κ3) is 4.32. The monoisotopic (exact) mass is 383 g/mol. The van der Waals surface area contributed by atoms with Gasteiger partial charge in [-0.1, -0.05) is 66.7 Å². The van der Waals surface area contributed by atoms with Crippen molar-refractivity contribution in [2.24, 2.45) is 5.92 Å². The molecule has 0 saturated heterocycles. The molecule has 1 aromatic heterocycles. The van der Waals surface area contributed by atoms with Crippen LogP contribution in [0, 0.1) is 5.92 Å². The van der Waals surface area contributed by atoms with Crippen molar-refractivity contribution in [2.45, 2.75) is 18.8 Å². The first kappa shape index (κ1) is 18.8. The maximum atomic E-state index is 12.9. The number of aromatic nitrogens is 1. The standard InChI is InChI=1S/C25H21NO3/c27-23(18-8-3-1-4-9-18)14-13-21-22(20-12-7-15-26-17-20)16-24(29-25(21)28)19-10-5-2-6-11-19/h1-12,15-17,21-22H,13-14H2/t21-,22+/m0/s1. The maximum absolute atomic E-state index is 12.9. The van der Waals surface area contributed by atoms with Gasteiger partial charge >= 0.3 is 5.97 Å². The Bertz CT molecular complexity index is 1010. The van der Waals surface area contributed by atoms with Crippen LogP contribution in [0.5, 0.6) is 0 Å². The van der Waals surface area contributed by atoms with Gasteiger partial charge in [0.05, 0.1) is 5.92 Å². The first-order valence-electron chi connectivity index (χ1n) is 9.69. The van der Waals surface area contributed by atoms with Crippen LogP contribution in [-0.2, 0) is 9.53 Å². The zero-order valence-corrected chi connectivity index (χ0v) is 15.9. The van der Waals surface area contributed by atoms with Gasteiger partial charge in [0.15, 0.2) is 5.78 Å². The van der Waals surface area contributed by atoms with Crippen molar-refractivity contribution < 1.29 is 14.3 Å². The van der Waals surface area contributed by atoms with E-state index in [1.54, 1.807) is 24.5 Å². The normalized spacial score (nSPS) is 18.6. The summed E-state index contributed by atoms with van der Waals surface area (Å²) >= 11 is 0. The molecule has 0 spiro atoms. The number of nitrogens with zero attached hydrogens (tertiary/aromatic N) is 1. The summed E-state index contributed by atoms with van der Waals surface area (Å²) in [5, 5.41) is 0. The second kappa shape index (κ2) is 8.65. The lowest BCUT2D eigenvalue weighted by Gasteiger charge is -2.29. The quantitative estimate of drug-likeness (QED) is 0.442. The van der Waals surface area contributed by atoms with E-state index in [0.29, 0.717) is 17.7 Å². The summed E-state index contributed by atoms with van der Waals surface area (Å²) in [5.41, 5.74) is 2.46. The van der Waals surface area contributed by atoms with E-state index >= 15 is 0 Å². The van der Waals surface area contributed by atoms with Crippen molar-refractivity contribution in [3.05, 3.63) is 108 Å². The Balaban J connectivity index is 1.61. The fourth-order valence-electron chi connectivity index (χ4n) is 3.66. The van der Waals surface area contributed by atoms with E-state index in [4.69, 9.17) is 4.74 Å². The third-order valence-electron chi connectivity index (χ3n) is 5.18. The minimum absolute atomic E-state index is 0.0289. The molecular formula is C25H21NO3. The fourth-order valence-corrected chi connectivity index (χ4v) is 3.66. The highest BCUT2D eigenvalue weighted by atomic mass is 16.5. The number of Topliss-reactive ketones (excluding diaryl/α,β-unsaturated/α-hetero) is 1. The SMILES string of the molecule is O=C(CC[C@@H]1C(=O)OC(c2ccccc2)=C[C@@H]1c1cccnc1)c1ccccc1. The Kier molecular flexibility index (Phi) is 5.61. The highest BCUT2D eigenvalue weighted by Crippen LogP contribution is 2.38. The fraction of sp³-hybridized carbons (Fsp3) is 0.160. The smallest absolute Gasteiger partial charge is 0.315 e. The average molecular weight is 383 g/mol. The Labute approximate surface area is 169 Å². The van der Waals surface area contributed by atoms with Crippen molar-refractivity contribution >= 4 is 17.5 Å². The van der Waals surface area contributed by atoms with Crippen molar-refractivity contribution in [3.63, 3.8) is 0 Å². The molecule has 2 atom stereocenters. The molecule has 0 N–H and O–H groups in total. The van der Waals surface area contributed by atoms with E-state index in [-0.39, 0.29) is 24.1 Å². The number of cyclic esters (lactones) is 1. The zero-order valence-electron chi connectivity index (χ0n) is 15.9. The molecule has 0 saturated carbocycles. The van der Waals surface area contributed by atoms with E-state index in [1.807, 2.05) is 66.7 Å². The highest BCUT2D eigenvalue weighted by molar-refractivity contribution is 5.96. The molecule has 0 amide bonds. The van der Waals surface area contributed by atoms with E-state index < -0.39 is 5.92 Å². The average Bonchev–Trinajstić information content (AvgIpc) is 2.79. The van der Waals surface area contributed by atoms with E-state index in [2.05, 4.69) is 4.98 Å². The lowest BCUT2D eigenvalue weighted by atomic mass is 9.80. The molecule has 0 bridgehead atoms. The van der Waals surface area contributed by atoms with Gasteiger partial charge in [0.2, 0.25) is 0 Å². The second-order valence-corrected chi connectivity index (χ2v) is 7.06. The second-order valence-electron chi connectivity index (χ2n) is 7.06. The van der Waals surface area contributed by atoms with E-state index in [0.717, 1.165) is 11.1 Å². The van der Waals surface area contributed by atoms with Gasteiger partial charge in [-0.3, -0.25) is 14.6 Å². The van der Waals surface area contributed by atoms with Crippen molar-refractivity contribution in [2.75, 3.05) is 0 Å². The molecule has 144 valence electrons. The molecule has 4 nitrogen and oxygen atoms in total. The highest BCUT2D eigenvalue weighted by Gasteiger charge is 2.35. The van der Waals surface area contributed by atoms with E-state index in [9.17, 15) is 9.59 Å². The van der Waals surface area contributed by atoms with Crippen LogP contribution in [0.25, 0.3) is 5.76 Å². The molecule has 3 aromatic rings. The molecule has 0 aliphatic carbocycles. The molecule has 4 heteroatoms. The molecule has 1 aliphatic rings. The molecule has 0 radical (unpaired) electrons. The Morgan fingerprint density at radius 1 is 0.931 bits per heavy atom. The maximum Gasteiger partial charge on any atom is 0.315 e. The number of hydrogen-bond donors (Lipinski definition) is 0. The number of hydrogen-bond acceptors (Lipinski definition) is 4. The van der Waals surface area contributed by atoms with Crippen molar-refractivity contribution in [1.29, 1.82) is 0 Å². The lowest BCUT2D eigenvalue weighted by molar-refractivity contribution is -0.143. The van der Waals surface area contributed by atoms with Crippen molar-refractivity contribution in [1.82, 2.24) is 4.98 Å². The lowest BCUT2D eigenvalue weighted by Crippen LogP contribution is -2.28. The molecule has 2 heterocycles. The van der Waals surface area contributed by atoms with Crippen LogP contribution in [-0.4, -0.2) is 16.7 Å². The largest absolute Gasteiger partial charge is 0.426 e. The Hall–Kier alpha value is -3.53. The number of carbonyl (C=O) groups excluding carboxylic acids is 2. The number of carbonyl (C=O) groups is 2. The first-order chi connectivity index (χ1) is 14.2. The van der Waals surface area contributed by atoms with Gasteiger partial charge < -0.3 is 4.74 Å². The summed E-state index contributed by atoms with van der Waals surface area (Å²) in [7, 11) is 0. The summed E-state index contributed by atoms with van der Waals surface area (Å²) in [6, 6.07) is 22.6. The summed E-state index contributed by atoms with van der Waals surface area (Å²) in [6.07, 6.45) is 6.17. The van der Waals surface area contributed by atoms with E-state index in [1.165, 1.54) is 0 Å². The number of esters is 1. The number of ether oxygens (including phenoxy) is 1. The van der Waals surface area contributed by atoms with Gasteiger partial charge in [-0.2, -0.15) is 0 Å². The van der Waals surface area contributed by atoms with Crippen LogP contribution in [0.3, 0.4) is 0 Å². The minimum atomic E-state index is -0.431. The Morgan fingerprint density at radius 2 is 1.66 bits per heavy atom. The van der Waals surface area contributed by atoms with Gasteiger partial charge in [0, 0.05) is 35.9 Å². The predicted octanol–water partition coefficient (Wildman–Crippen LogP) is 5.04. The number of pyridine rings is 1. The summed E-state index contributed by atoms with van der Waals surface area (Å²) in [6.45, 7) is 0. The molecule has 2 aromatic carbocycles. The van der Waals surface area contributed by atoms with Crippen LogP contribution >= 0.6 is 0 Å². The predicted molar refractivity (Wildman–Crippen MR) is 111 cm³/mol. The third-order valence-corrected chi connectivity index (χ3v) is 5.18. The molecule has 4 rings (SSSR count). The molecule has 0 unspecified atom stereocenters. The topological polar surface area (TPSA) is 56.3 Å². The van der Waals surface area contributed by atoms with Crippen LogP contribution in [0.1, 0.15) is 40.2 Å². The van der Waals surface area contributed by atoms with Crippen LogP contribution in [0.4, 0.5) is 0 Å². The summed E-state index contributed by atoms with van der Waals surface area (Å²) < 4.78 is 5.67. The van der Waals surface area contributed by atoms with Gasteiger partial charge in [0.1, 0.15) is 5.76 Å². The van der Waals surface area contributed by atoms with Gasteiger partial charge in [-0.15, -0.1) is 0 Å². The van der Waals surface area contributed by atoms with Gasteiger partial charge in [-0.25, -0.2) is 0 Å². The zero-order chi connectivity index (χ0) is 20.1. The molecule has 29 heavy (non-hydrogen) atoms. The molecular weight excluding hydrogens is 362 g/mol. The summed E-state index contributed by atoms with van der Waals surface area (Å²) in [5.74, 6) is -0.347. The number of allylic oxidation sites excluding steroid dienone is 1. The minimum Gasteiger partial charge on any atom is -0.426 e. The first-order valence-corrected chi connectivity index (χ1v) is 9.69. The number of ketones is 1. The van der Waals surface area contributed by atoms with Gasteiger partial charge in [-0.05, 0) is 24.1 Å². The van der Waals surface area contributed by atoms with Gasteiger partial charge in [0.25, 0.3) is 0 Å². The van der Waals surface area contributed by atoms with Crippen LogP contribution in [0.15, 0.2) is 91.3 Å². The van der Waals surface area contributed by atoms with Crippen LogP contribution in [0.2, 0.25) is 0 Å². The molecule has 1 aliphatic heterocycles. The molecule has 0 fully saturated rings. The van der Waals surface area contributed by atoms with Crippen LogP contribution < -0.4 is 0 Å². The number of rotatable bonds is 6. The summed E-state index contributed by atoms with van der Waals surface area (Å²) in [4.78, 5) is 29.7.